The molecule has 0 saturated heterocycles. The van der Waals surface area contributed by atoms with E-state index in [0.29, 0.717) is 16.5 Å². The predicted molar refractivity (Wildman–Crippen MR) is 65.5 cm³/mol. The molecule has 4 N–H and O–H groups in total. The highest BCUT2D eigenvalue weighted by Crippen LogP contribution is 2.42. The van der Waals surface area contributed by atoms with Gasteiger partial charge in [-0.15, -0.1) is 0 Å². The number of nitrogens with two attached hydrogens (primary N) is 1. The van der Waals surface area contributed by atoms with E-state index in [-0.39, 0.29) is 17.6 Å². The molecule has 88 valence electrons. The molecule has 2 rings (SSSR count). The Labute approximate surface area is 99.8 Å². The van der Waals surface area contributed by atoms with E-state index in [2.05, 4.69) is 10.3 Å². The maximum atomic E-state index is 9.62. The predicted octanol–water partition coefficient (Wildman–Crippen LogP) is 1.89. The van der Waals surface area contributed by atoms with E-state index in [1.165, 1.54) is 0 Å². The second-order valence-electron chi connectivity index (χ2n) is 4.87. The number of hydrogen-bond acceptors (Lipinski definition) is 4. The molecule has 16 heavy (non-hydrogen) atoms. The van der Waals surface area contributed by atoms with Gasteiger partial charge in [-0.05, 0) is 12.5 Å². The minimum Gasteiger partial charge on any atom is -0.397 e. The van der Waals surface area contributed by atoms with Crippen molar-refractivity contribution in [3.63, 3.8) is 0 Å². The molecule has 0 amide bonds. The number of aliphatic hydroxyl groups excluding tert-OH is 1. The highest BCUT2D eigenvalue weighted by Gasteiger charge is 2.47. The number of halogens is 1. The summed E-state index contributed by atoms with van der Waals surface area (Å²) in [4.78, 5) is 4.14. The summed E-state index contributed by atoms with van der Waals surface area (Å²) >= 11 is 6.02. The van der Waals surface area contributed by atoms with E-state index in [0.717, 1.165) is 6.42 Å². The number of nitrogens with one attached hydrogen (secondary N) is 1. The van der Waals surface area contributed by atoms with Crippen LogP contribution in [0.25, 0.3) is 0 Å². The lowest BCUT2D eigenvalue weighted by Crippen LogP contribution is -2.57. The standard InChI is InChI=1S/C11H16ClN3O/c1-11(2)8(4-9(11)16)15-10-7(12)3-6(13)5-14-10/h3,5,8-9,16H,4,13H2,1-2H3,(H,14,15). The lowest BCUT2D eigenvalue weighted by molar-refractivity contribution is -0.0511. The van der Waals surface area contributed by atoms with Gasteiger partial charge in [-0.25, -0.2) is 4.98 Å². The molecule has 2 atom stereocenters. The number of nitrogen functional groups attached to an aromatic ring is 1. The third kappa shape index (κ3) is 1.83. The zero-order valence-corrected chi connectivity index (χ0v) is 10.1. The molecule has 1 saturated carbocycles. The Bertz CT molecular complexity index is 408. The SMILES string of the molecule is CC1(C)C(O)CC1Nc1ncc(N)cc1Cl. The van der Waals surface area contributed by atoms with Gasteiger partial charge in [-0.3, -0.25) is 0 Å². The zero-order valence-electron chi connectivity index (χ0n) is 9.37. The molecular weight excluding hydrogens is 226 g/mol. The number of pyridine rings is 1. The molecule has 1 aromatic rings. The first kappa shape index (κ1) is 11.5. The van der Waals surface area contributed by atoms with Gasteiger partial charge in [-0.1, -0.05) is 25.4 Å². The maximum Gasteiger partial charge on any atom is 0.145 e. The van der Waals surface area contributed by atoms with Gasteiger partial charge < -0.3 is 16.2 Å². The Morgan fingerprint density at radius 3 is 2.81 bits per heavy atom. The fourth-order valence-corrected chi connectivity index (χ4v) is 2.10. The lowest BCUT2D eigenvalue weighted by Gasteiger charge is -2.49. The van der Waals surface area contributed by atoms with Crippen molar-refractivity contribution in [3.05, 3.63) is 17.3 Å². The van der Waals surface area contributed by atoms with Crippen molar-refractivity contribution >= 4 is 23.1 Å². The van der Waals surface area contributed by atoms with Gasteiger partial charge in [-0.2, -0.15) is 0 Å². The minimum absolute atomic E-state index is 0.146. The monoisotopic (exact) mass is 241 g/mol. The Hall–Kier alpha value is -1.00. The highest BCUT2D eigenvalue weighted by molar-refractivity contribution is 6.33. The molecule has 0 spiro atoms. The summed E-state index contributed by atoms with van der Waals surface area (Å²) in [7, 11) is 0. The zero-order chi connectivity index (χ0) is 11.9. The minimum atomic E-state index is -0.266. The molecular formula is C11H16ClN3O. The molecule has 0 aromatic carbocycles. The summed E-state index contributed by atoms with van der Waals surface area (Å²) in [5.74, 6) is 0.626. The maximum absolute atomic E-state index is 9.62. The van der Waals surface area contributed by atoms with Crippen LogP contribution >= 0.6 is 11.6 Å². The molecule has 2 unspecified atom stereocenters. The first-order chi connectivity index (χ1) is 7.41. The van der Waals surface area contributed by atoms with Crippen LogP contribution in [-0.4, -0.2) is 22.2 Å². The topological polar surface area (TPSA) is 71.2 Å². The molecule has 1 aromatic heterocycles. The third-order valence-electron chi connectivity index (χ3n) is 3.39. The van der Waals surface area contributed by atoms with E-state index in [1.54, 1.807) is 12.3 Å². The van der Waals surface area contributed by atoms with Gasteiger partial charge >= 0.3 is 0 Å². The van der Waals surface area contributed by atoms with Crippen molar-refractivity contribution in [2.24, 2.45) is 5.41 Å². The second kappa shape index (κ2) is 3.79. The van der Waals surface area contributed by atoms with Gasteiger partial charge in [0, 0.05) is 11.5 Å². The van der Waals surface area contributed by atoms with Crippen molar-refractivity contribution in [1.82, 2.24) is 4.98 Å². The Kier molecular flexibility index (Phi) is 2.72. The third-order valence-corrected chi connectivity index (χ3v) is 3.68. The van der Waals surface area contributed by atoms with Crippen LogP contribution in [0.5, 0.6) is 0 Å². The summed E-state index contributed by atoms with van der Waals surface area (Å²) < 4.78 is 0. The summed E-state index contributed by atoms with van der Waals surface area (Å²) in [5.41, 5.74) is 5.96. The number of aromatic nitrogens is 1. The van der Waals surface area contributed by atoms with E-state index in [4.69, 9.17) is 17.3 Å². The molecule has 1 fully saturated rings. The normalized spacial score (nSPS) is 27.2. The molecule has 0 bridgehead atoms. The lowest BCUT2D eigenvalue weighted by atomic mass is 9.64. The van der Waals surface area contributed by atoms with Crippen LogP contribution in [-0.2, 0) is 0 Å². The summed E-state index contributed by atoms with van der Waals surface area (Å²) in [6.07, 6.45) is 2.02. The quantitative estimate of drug-likeness (QED) is 0.740. The molecule has 1 heterocycles. The molecule has 0 aliphatic heterocycles. The van der Waals surface area contributed by atoms with Crippen LogP contribution in [0.3, 0.4) is 0 Å². The molecule has 1 aliphatic carbocycles. The summed E-state index contributed by atoms with van der Waals surface area (Å²) in [6.45, 7) is 4.04. The van der Waals surface area contributed by atoms with Gasteiger partial charge in [0.1, 0.15) is 5.82 Å². The van der Waals surface area contributed by atoms with Crippen LogP contribution in [0.15, 0.2) is 12.3 Å². The highest BCUT2D eigenvalue weighted by atomic mass is 35.5. The molecule has 4 nitrogen and oxygen atoms in total. The van der Waals surface area contributed by atoms with Crippen molar-refractivity contribution < 1.29 is 5.11 Å². The van der Waals surface area contributed by atoms with Crippen LogP contribution in [0.2, 0.25) is 5.02 Å². The number of rotatable bonds is 2. The number of nitrogens with zero attached hydrogens (tertiary/aromatic N) is 1. The molecule has 5 heteroatoms. The van der Waals surface area contributed by atoms with Crippen LogP contribution in [0.4, 0.5) is 11.5 Å². The van der Waals surface area contributed by atoms with Crippen LogP contribution < -0.4 is 11.1 Å². The average molecular weight is 242 g/mol. The van der Waals surface area contributed by atoms with E-state index in [1.807, 2.05) is 13.8 Å². The van der Waals surface area contributed by atoms with Crippen LogP contribution in [0.1, 0.15) is 20.3 Å². The van der Waals surface area contributed by atoms with Crippen molar-refractivity contribution in [1.29, 1.82) is 0 Å². The molecule has 0 radical (unpaired) electrons. The first-order valence-corrected chi connectivity index (χ1v) is 5.64. The fourth-order valence-electron chi connectivity index (χ4n) is 1.87. The van der Waals surface area contributed by atoms with Crippen LogP contribution in [0, 0.1) is 5.41 Å². The van der Waals surface area contributed by atoms with Gasteiger partial charge in [0.05, 0.1) is 23.0 Å². The Balaban J connectivity index is 2.11. The van der Waals surface area contributed by atoms with Crippen molar-refractivity contribution in [2.75, 3.05) is 11.1 Å². The van der Waals surface area contributed by atoms with Crippen molar-refractivity contribution in [3.8, 4) is 0 Å². The second-order valence-corrected chi connectivity index (χ2v) is 5.28. The summed E-state index contributed by atoms with van der Waals surface area (Å²) in [5, 5.41) is 13.4. The smallest absolute Gasteiger partial charge is 0.145 e. The van der Waals surface area contributed by atoms with Gasteiger partial charge in [0.15, 0.2) is 0 Å². The number of aliphatic hydroxyl groups is 1. The largest absolute Gasteiger partial charge is 0.397 e. The molecule has 1 aliphatic rings. The Morgan fingerprint density at radius 1 is 1.62 bits per heavy atom. The van der Waals surface area contributed by atoms with E-state index in [9.17, 15) is 5.11 Å². The number of anilines is 2. The van der Waals surface area contributed by atoms with Gasteiger partial charge in [0.25, 0.3) is 0 Å². The van der Waals surface area contributed by atoms with E-state index < -0.39 is 0 Å². The first-order valence-electron chi connectivity index (χ1n) is 5.27. The number of hydrogen-bond donors (Lipinski definition) is 3. The Morgan fingerprint density at radius 2 is 2.31 bits per heavy atom. The average Bonchev–Trinajstić information content (AvgIpc) is 2.21. The van der Waals surface area contributed by atoms with Gasteiger partial charge in [0.2, 0.25) is 0 Å². The van der Waals surface area contributed by atoms with E-state index >= 15 is 0 Å². The fraction of sp³-hybridized carbons (Fsp3) is 0.545. The summed E-state index contributed by atoms with van der Waals surface area (Å²) in [6, 6.07) is 1.86. The van der Waals surface area contributed by atoms with Crippen molar-refractivity contribution in [2.45, 2.75) is 32.4 Å².